The molecule has 2 aliphatic rings. The van der Waals surface area contributed by atoms with E-state index in [4.69, 9.17) is 4.74 Å². The van der Waals surface area contributed by atoms with Crippen LogP contribution in [0.5, 0.6) is 0 Å². The van der Waals surface area contributed by atoms with Gasteiger partial charge in [-0.3, -0.25) is 5.10 Å². The summed E-state index contributed by atoms with van der Waals surface area (Å²) < 4.78 is 5.16. The summed E-state index contributed by atoms with van der Waals surface area (Å²) in [7, 11) is 0. The predicted molar refractivity (Wildman–Crippen MR) is 71.1 cm³/mol. The van der Waals surface area contributed by atoms with Gasteiger partial charge in [-0.25, -0.2) is 4.79 Å². The molecule has 0 aromatic carbocycles. The van der Waals surface area contributed by atoms with Gasteiger partial charge in [-0.15, -0.1) is 11.3 Å². The third kappa shape index (κ3) is 1.40. The summed E-state index contributed by atoms with van der Waals surface area (Å²) in [5.74, 6) is 0.500. The maximum absolute atomic E-state index is 12.0. The number of aryl methyl sites for hydroxylation is 1. The zero-order valence-corrected chi connectivity index (χ0v) is 11.0. The summed E-state index contributed by atoms with van der Waals surface area (Å²) >= 11 is 1.64. The molecule has 1 atom stereocenters. The topological polar surface area (TPSA) is 67.0 Å². The van der Waals surface area contributed by atoms with Gasteiger partial charge in [0.15, 0.2) is 5.82 Å². The number of hydrogen-bond acceptors (Lipinski definition) is 5. The molecule has 5 nitrogen and oxygen atoms in total. The maximum Gasteiger partial charge on any atom is 0.337 e. The molecule has 0 spiro atoms. The summed E-state index contributed by atoms with van der Waals surface area (Å²) in [6.07, 6.45) is 0. The number of ether oxygens (including phenoxy) is 1. The Bertz CT molecular complexity index is 700. The van der Waals surface area contributed by atoms with Gasteiger partial charge in [0, 0.05) is 16.1 Å². The lowest BCUT2D eigenvalue weighted by Crippen LogP contribution is -2.19. The Morgan fingerprint density at radius 1 is 1.53 bits per heavy atom. The molecule has 0 saturated heterocycles. The highest BCUT2D eigenvalue weighted by atomic mass is 32.1. The van der Waals surface area contributed by atoms with Crippen LogP contribution in [0.1, 0.15) is 22.1 Å². The van der Waals surface area contributed by atoms with E-state index in [9.17, 15) is 4.79 Å². The van der Waals surface area contributed by atoms with E-state index in [0.29, 0.717) is 6.61 Å². The first-order chi connectivity index (χ1) is 9.25. The van der Waals surface area contributed by atoms with Crippen molar-refractivity contribution in [1.82, 2.24) is 10.2 Å². The summed E-state index contributed by atoms with van der Waals surface area (Å²) in [4.78, 5) is 13.1. The quantitative estimate of drug-likeness (QED) is 0.781. The van der Waals surface area contributed by atoms with Crippen LogP contribution >= 0.6 is 11.3 Å². The summed E-state index contributed by atoms with van der Waals surface area (Å²) in [6, 6.07) is 4.05. The smallest absolute Gasteiger partial charge is 0.337 e. The number of esters is 1. The zero-order chi connectivity index (χ0) is 13.0. The Balaban J connectivity index is 1.97. The lowest BCUT2D eigenvalue weighted by atomic mass is 9.86. The van der Waals surface area contributed by atoms with Gasteiger partial charge in [-0.05, 0) is 18.4 Å². The summed E-state index contributed by atoms with van der Waals surface area (Å²) in [5, 5.41) is 12.5. The van der Waals surface area contributed by atoms with Crippen molar-refractivity contribution in [2.75, 3.05) is 11.9 Å². The van der Waals surface area contributed by atoms with Crippen molar-refractivity contribution in [3.8, 4) is 0 Å². The highest BCUT2D eigenvalue weighted by Gasteiger charge is 2.40. The molecule has 6 heteroatoms. The molecular formula is C13H11N3O2S. The van der Waals surface area contributed by atoms with Crippen molar-refractivity contribution in [3.05, 3.63) is 44.9 Å². The van der Waals surface area contributed by atoms with Crippen molar-refractivity contribution in [3.63, 3.8) is 0 Å². The monoisotopic (exact) mass is 273 g/mol. The zero-order valence-electron chi connectivity index (χ0n) is 10.2. The van der Waals surface area contributed by atoms with Crippen LogP contribution in [0.25, 0.3) is 0 Å². The number of thiophene rings is 1. The first-order valence-corrected chi connectivity index (χ1v) is 6.89. The Morgan fingerprint density at radius 2 is 2.42 bits per heavy atom. The summed E-state index contributed by atoms with van der Waals surface area (Å²) in [5.41, 5.74) is 3.58. The molecule has 19 heavy (non-hydrogen) atoms. The van der Waals surface area contributed by atoms with E-state index in [0.717, 1.165) is 33.2 Å². The number of nitrogens with zero attached hydrogens (tertiary/aromatic N) is 1. The Morgan fingerprint density at radius 3 is 3.21 bits per heavy atom. The first kappa shape index (κ1) is 10.8. The molecule has 4 heterocycles. The molecule has 0 bridgehead atoms. The minimum Gasteiger partial charge on any atom is -0.456 e. The second kappa shape index (κ2) is 3.71. The molecule has 2 aromatic heterocycles. The van der Waals surface area contributed by atoms with Crippen molar-refractivity contribution < 1.29 is 9.53 Å². The average molecular weight is 273 g/mol. The highest BCUT2D eigenvalue weighted by Crippen LogP contribution is 2.45. The summed E-state index contributed by atoms with van der Waals surface area (Å²) in [6.45, 7) is 2.28. The lowest BCUT2D eigenvalue weighted by molar-refractivity contribution is -0.136. The second-order valence-corrected chi connectivity index (χ2v) is 5.63. The fraction of sp³-hybridized carbons (Fsp3) is 0.231. The molecule has 2 aromatic rings. The van der Waals surface area contributed by atoms with Gasteiger partial charge in [0.05, 0.1) is 17.2 Å². The number of fused-ring (bicyclic) bond motifs is 1. The fourth-order valence-corrected chi connectivity index (χ4v) is 3.57. The van der Waals surface area contributed by atoms with Gasteiger partial charge in [0.2, 0.25) is 0 Å². The Labute approximate surface area is 113 Å². The van der Waals surface area contributed by atoms with E-state index >= 15 is 0 Å². The molecule has 0 fully saturated rings. The molecule has 0 saturated carbocycles. The van der Waals surface area contributed by atoms with Gasteiger partial charge >= 0.3 is 5.97 Å². The van der Waals surface area contributed by atoms with Crippen molar-refractivity contribution in [2.24, 2.45) is 0 Å². The normalized spacial score (nSPS) is 20.9. The van der Waals surface area contributed by atoms with E-state index in [-0.39, 0.29) is 11.9 Å². The number of carbonyl (C=O) groups excluding carboxylic acids is 1. The van der Waals surface area contributed by atoms with Gasteiger partial charge in [-0.1, -0.05) is 6.07 Å². The number of carbonyl (C=O) groups is 1. The average Bonchev–Trinajstić information content (AvgIpc) is 3.10. The number of hydrogen-bond donors (Lipinski definition) is 2. The number of cyclic esters (lactones) is 1. The molecule has 96 valence electrons. The van der Waals surface area contributed by atoms with Crippen LogP contribution in [0.3, 0.4) is 0 Å². The predicted octanol–water partition coefficient (Wildman–Crippen LogP) is 2.15. The van der Waals surface area contributed by atoms with Gasteiger partial charge in [-0.2, -0.15) is 5.10 Å². The number of nitrogens with one attached hydrogen (secondary N) is 2. The Kier molecular flexibility index (Phi) is 2.11. The van der Waals surface area contributed by atoms with E-state index < -0.39 is 0 Å². The van der Waals surface area contributed by atoms with Crippen LogP contribution in [0, 0.1) is 6.92 Å². The maximum atomic E-state index is 12.0. The molecular weight excluding hydrogens is 262 g/mol. The van der Waals surface area contributed by atoms with Crippen LogP contribution in [-0.4, -0.2) is 22.8 Å². The minimum absolute atomic E-state index is 0.0694. The number of H-pyrrole nitrogens is 1. The molecule has 0 radical (unpaired) electrons. The second-order valence-electron chi connectivity index (χ2n) is 4.65. The number of aromatic nitrogens is 2. The van der Waals surface area contributed by atoms with E-state index in [1.165, 1.54) is 0 Å². The molecule has 4 rings (SSSR count). The Hall–Kier alpha value is -2.08. The first-order valence-electron chi connectivity index (χ1n) is 6.01. The molecule has 0 aliphatic carbocycles. The molecule has 0 amide bonds. The molecule has 0 unspecified atom stereocenters. The van der Waals surface area contributed by atoms with Crippen molar-refractivity contribution in [1.29, 1.82) is 0 Å². The minimum atomic E-state index is -0.229. The highest BCUT2D eigenvalue weighted by molar-refractivity contribution is 7.10. The van der Waals surface area contributed by atoms with E-state index in [2.05, 4.69) is 15.5 Å². The molecule has 2 N–H and O–H groups in total. The van der Waals surface area contributed by atoms with E-state index in [1.54, 1.807) is 11.3 Å². The standard InChI is InChI=1S/C13H11N3O2S/c1-6-9-11(8-3-2-4-19-8)10-7(5-18-13(10)17)14-12(9)16-15-6/h2-4,11H,5H2,1H3,(H2,14,15,16)/t11-/m0/s1. The SMILES string of the molecule is Cc1[nH]nc2c1[C@H](c1cccs1)C1=C(COC1=O)N2. The van der Waals surface area contributed by atoms with Gasteiger partial charge in [0.25, 0.3) is 0 Å². The third-order valence-corrected chi connectivity index (χ3v) is 4.50. The van der Waals surface area contributed by atoms with Crippen LogP contribution in [0.15, 0.2) is 28.8 Å². The van der Waals surface area contributed by atoms with Crippen LogP contribution in [-0.2, 0) is 9.53 Å². The van der Waals surface area contributed by atoms with Crippen LogP contribution < -0.4 is 5.32 Å². The molecule has 2 aliphatic heterocycles. The van der Waals surface area contributed by atoms with Gasteiger partial charge in [0.1, 0.15) is 6.61 Å². The fourth-order valence-electron chi connectivity index (χ4n) is 2.73. The number of rotatable bonds is 1. The lowest BCUT2D eigenvalue weighted by Gasteiger charge is -2.22. The number of anilines is 1. The van der Waals surface area contributed by atoms with Crippen molar-refractivity contribution in [2.45, 2.75) is 12.8 Å². The van der Waals surface area contributed by atoms with Gasteiger partial charge < -0.3 is 10.1 Å². The number of aromatic amines is 1. The van der Waals surface area contributed by atoms with Crippen LogP contribution in [0.4, 0.5) is 5.82 Å². The van der Waals surface area contributed by atoms with Crippen LogP contribution in [0.2, 0.25) is 0 Å². The third-order valence-electron chi connectivity index (χ3n) is 3.56. The van der Waals surface area contributed by atoms with E-state index in [1.807, 2.05) is 24.4 Å². The van der Waals surface area contributed by atoms with Crippen molar-refractivity contribution >= 4 is 23.1 Å². The largest absolute Gasteiger partial charge is 0.456 e.